The number of carboxylic acid groups (broad SMARTS) is 1. The molecule has 0 heterocycles. The van der Waals surface area contributed by atoms with Crippen LogP contribution in [0.5, 0.6) is 5.75 Å². The molecule has 2 unspecified atom stereocenters. The monoisotopic (exact) mass is 482 g/mol. The number of unbranched alkanes of at least 4 members (excludes halogenated alkanes) is 1. The highest BCUT2D eigenvalue weighted by Crippen LogP contribution is 2.28. The molecule has 2 aromatic rings. The fourth-order valence-corrected chi connectivity index (χ4v) is 4.35. The summed E-state index contributed by atoms with van der Waals surface area (Å²) >= 11 is 1.35. The average Bonchev–Trinajstić information content (AvgIpc) is 2.84. The SMILES string of the molecule is CCCCOc1ccc(NC(=O)CSc2cccc(NC(=O)C3CC=CCC3C(=O)O)c2)cc1. The highest BCUT2D eigenvalue weighted by molar-refractivity contribution is 8.00. The van der Waals surface area contributed by atoms with Gasteiger partial charge < -0.3 is 20.5 Å². The number of thioether (sulfide) groups is 1. The van der Waals surface area contributed by atoms with Gasteiger partial charge >= 0.3 is 5.97 Å². The molecule has 0 radical (unpaired) electrons. The molecule has 0 spiro atoms. The number of carboxylic acids is 1. The Labute approximate surface area is 204 Å². The Kier molecular flexibility index (Phi) is 9.58. The summed E-state index contributed by atoms with van der Waals surface area (Å²) in [6.07, 6.45) is 6.49. The van der Waals surface area contributed by atoms with E-state index in [4.69, 9.17) is 4.74 Å². The van der Waals surface area contributed by atoms with Crippen molar-refractivity contribution in [2.45, 2.75) is 37.5 Å². The van der Waals surface area contributed by atoms with Gasteiger partial charge in [0.1, 0.15) is 5.75 Å². The topological polar surface area (TPSA) is 105 Å². The minimum absolute atomic E-state index is 0.141. The molecule has 0 saturated carbocycles. The molecule has 3 rings (SSSR count). The minimum atomic E-state index is -0.960. The molecule has 0 aromatic heterocycles. The van der Waals surface area contributed by atoms with Gasteiger partial charge in [-0.2, -0.15) is 0 Å². The molecule has 7 nitrogen and oxygen atoms in total. The second-order valence-corrected chi connectivity index (χ2v) is 9.12. The van der Waals surface area contributed by atoms with E-state index in [0.717, 1.165) is 23.5 Å². The number of ether oxygens (including phenoxy) is 1. The maximum Gasteiger partial charge on any atom is 0.307 e. The van der Waals surface area contributed by atoms with E-state index in [1.807, 2.05) is 36.4 Å². The van der Waals surface area contributed by atoms with E-state index in [-0.39, 0.29) is 17.6 Å². The van der Waals surface area contributed by atoms with Crippen LogP contribution in [0.15, 0.2) is 65.6 Å². The van der Waals surface area contributed by atoms with Crippen LogP contribution in [-0.4, -0.2) is 35.2 Å². The lowest BCUT2D eigenvalue weighted by Crippen LogP contribution is -2.34. The Morgan fingerprint density at radius 3 is 2.44 bits per heavy atom. The highest BCUT2D eigenvalue weighted by atomic mass is 32.2. The first-order valence-corrected chi connectivity index (χ1v) is 12.4. The molecule has 180 valence electrons. The van der Waals surface area contributed by atoms with E-state index in [9.17, 15) is 19.5 Å². The van der Waals surface area contributed by atoms with Crippen molar-refractivity contribution >= 4 is 40.9 Å². The van der Waals surface area contributed by atoms with Crippen molar-refractivity contribution in [3.8, 4) is 5.75 Å². The first-order valence-electron chi connectivity index (χ1n) is 11.4. The molecular weight excluding hydrogens is 452 g/mol. The Bertz CT molecular complexity index is 1020. The Hall–Kier alpha value is -3.26. The molecule has 0 aliphatic heterocycles. The number of benzene rings is 2. The van der Waals surface area contributed by atoms with Gasteiger partial charge in [-0.1, -0.05) is 31.6 Å². The number of carbonyl (C=O) groups excluding carboxylic acids is 2. The van der Waals surface area contributed by atoms with E-state index >= 15 is 0 Å². The number of amides is 2. The molecule has 0 bridgehead atoms. The number of hydrogen-bond acceptors (Lipinski definition) is 5. The molecule has 34 heavy (non-hydrogen) atoms. The van der Waals surface area contributed by atoms with Crippen molar-refractivity contribution in [3.05, 3.63) is 60.7 Å². The summed E-state index contributed by atoms with van der Waals surface area (Å²) < 4.78 is 5.63. The van der Waals surface area contributed by atoms with Crippen LogP contribution >= 0.6 is 11.8 Å². The van der Waals surface area contributed by atoms with Crippen molar-refractivity contribution in [3.63, 3.8) is 0 Å². The van der Waals surface area contributed by atoms with Crippen molar-refractivity contribution in [2.75, 3.05) is 23.0 Å². The third-order valence-electron chi connectivity index (χ3n) is 5.46. The van der Waals surface area contributed by atoms with Crippen LogP contribution in [0.25, 0.3) is 0 Å². The molecule has 0 fully saturated rings. The average molecular weight is 483 g/mol. The molecule has 1 aliphatic rings. The van der Waals surface area contributed by atoms with Crippen LogP contribution in [0.2, 0.25) is 0 Å². The van der Waals surface area contributed by atoms with Crippen LogP contribution in [0, 0.1) is 11.8 Å². The maximum atomic E-state index is 12.7. The second kappa shape index (κ2) is 12.8. The zero-order valence-electron chi connectivity index (χ0n) is 19.2. The van der Waals surface area contributed by atoms with Crippen molar-refractivity contribution in [1.82, 2.24) is 0 Å². The number of allylic oxidation sites excluding steroid dienone is 2. The van der Waals surface area contributed by atoms with E-state index in [2.05, 4.69) is 17.6 Å². The number of rotatable bonds is 11. The maximum absolute atomic E-state index is 12.7. The summed E-state index contributed by atoms with van der Waals surface area (Å²) in [6, 6.07) is 14.5. The van der Waals surface area contributed by atoms with Crippen LogP contribution in [0.4, 0.5) is 11.4 Å². The summed E-state index contributed by atoms with van der Waals surface area (Å²) in [5, 5.41) is 15.1. The summed E-state index contributed by atoms with van der Waals surface area (Å²) in [7, 11) is 0. The first kappa shape index (κ1) is 25.4. The third kappa shape index (κ3) is 7.66. The van der Waals surface area contributed by atoms with Gasteiger partial charge in [0.15, 0.2) is 0 Å². The zero-order chi connectivity index (χ0) is 24.3. The lowest BCUT2D eigenvalue weighted by molar-refractivity contribution is -0.146. The standard InChI is InChI=1S/C26H30N2O5S/c1-2-3-15-33-20-13-11-18(12-14-20)27-24(29)17-34-21-8-6-7-19(16-21)28-25(30)22-9-4-5-10-23(22)26(31)32/h4-8,11-14,16,22-23H,2-3,9-10,15,17H2,1H3,(H,27,29)(H,28,30)(H,31,32). The third-order valence-corrected chi connectivity index (χ3v) is 6.46. The fraction of sp³-hybridized carbons (Fsp3) is 0.346. The first-order chi connectivity index (χ1) is 16.5. The normalized spacial score (nSPS) is 17.1. The van der Waals surface area contributed by atoms with Gasteiger partial charge in [0.2, 0.25) is 11.8 Å². The molecule has 1 aliphatic carbocycles. The molecule has 0 saturated heterocycles. The van der Waals surface area contributed by atoms with Crippen molar-refractivity contribution in [1.29, 1.82) is 0 Å². The number of nitrogens with one attached hydrogen (secondary N) is 2. The Balaban J connectivity index is 1.49. The summed E-state index contributed by atoms with van der Waals surface area (Å²) in [5.41, 5.74) is 1.27. The van der Waals surface area contributed by atoms with Gasteiger partial charge in [-0.3, -0.25) is 14.4 Å². The van der Waals surface area contributed by atoms with Gasteiger partial charge in [0, 0.05) is 16.3 Å². The van der Waals surface area contributed by atoms with Crippen LogP contribution in [0.3, 0.4) is 0 Å². The van der Waals surface area contributed by atoms with Crippen molar-refractivity contribution in [2.24, 2.45) is 11.8 Å². The van der Waals surface area contributed by atoms with E-state index in [0.29, 0.717) is 30.8 Å². The number of carbonyl (C=O) groups is 3. The smallest absolute Gasteiger partial charge is 0.307 e. The van der Waals surface area contributed by atoms with Gasteiger partial charge in [0.25, 0.3) is 0 Å². The Morgan fingerprint density at radius 1 is 1.00 bits per heavy atom. The van der Waals surface area contributed by atoms with Gasteiger partial charge in [-0.25, -0.2) is 0 Å². The molecular formula is C26H30N2O5S. The zero-order valence-corrected chi connectivity index (χ0v) is 20.0. The predicted octanol–water partition coefficient (Wildman–Crippen LogP) is 5.20. The number of hydrogen-bond donors (Lipinski definition) is 3. The molecule has 2 amide bonds. The lowest BCUT2D eigenvalue weighted by atomic mass is 9.82. The number of aliphatic carboxylic acids is 1. The quantitative estimate of drug-likeness (QED) is 0.231. The van der Waals surface area contributed by atoms with Gasteiger partial charge in [-0.05, 0) is 61.7 Å². The van der Waals surface area contributed by atoms with Gasteiger partial charge in [-0.15, -0.1) is 11.8 Å². The van der Waals surface area contributed by atoms with E-state index < -0.39 is 17.8 Å². The highest BCUT2D eigenvalue weighted by Gasteiger charge is 2.33. The van der Waals surface area contributed by atoms with Crippen LogP contribution < -0.4 is 15.4 Å². The molecule has 3 N–H and O–H groups in total. The molecule has 2 atom stereocenters. The van der Waals surface area contributed by atoms with Crippen molar-refractivity contribution < 1.29 is 24.2 Å². The Morgan fingerprint density at radius 2 is 1.74 bits per heavy atom. The molecule has 2 aromatic carbocycles. The largest absolute Gasteiger partial charge is 0.494 e. The van der Waals surface area contributed by atoms with Gasteiger partial charge in [0.05, 0.1) is 24.2 Å². The van der Waals surface area contributed by atoms with Crippen LogP contribution in [-0.2, 0) is 14.4 Å². The minimum Gasteiger partial charge on any atom is -0.494 e. The van der Waals surface area contributed by atoms with E-state index in [1.54, 1.807) is 24.3 Å². The second-order valence-electron chi connectivity index (χ2n) is 8.07. The number of anilines is 2. The fourth-order valence-electron chi connectivity index (χ4n) is 3.59. The lowest BCUT2D eigenvalue weighted by Gasteiger charge is -2.24. The summed E-state index contributed by atoms with van der Waals surface area (Å²) in [6.45, 7) is 2.79. The van der Waals surface area contributed by atoms with E-state index in [1.165, 1.54) is 11.8 Å². The van der Waals surface area contributed by atoms with Crippen LogP contribution in [0.1, 0.15) is 32.6 Å². The summed E-state index contributed by atoms with van der Waals surface area (Å²) in [4.78, 5) is 37.3. The molecule has 8 heteroatoms. The predicted molar refractivity (Wildman–Crippen MR) is 134 cm³/mol. The summed E-state index contributed by atoms with van der Waals surface area (Å²) in [5.74, 6) is -1.75.